The number of benzene rings is 2. The first-order valence-electron chi connectivity index (χ1n) is 10.00. The summed E-state index contributed by atoms with van der Waals surface area (Å²) in [6, 6.07) is 13.6. The third-order valence-corrected chi connectivity index (χ3v) is 4.41. The maximum absolute atomic E-state index is 13.5. The van der Waals surface area contributed by atoms with Gasteiger partial charge in [0, 0.05) is 45.7 Å². The Hall–Kier alpha value is -1.85. The van der Waals surface area contributed by atoms with Crippen LogP contribution < -0.4 is 5.56 Å². The number of aryl methyl sites for hydroxylation is 1. The molecule has 165 valence electrons. The summed E-state index contributed by atoms with van der Waals surface area (Å²) in [6.07, 6.45) is 0.237. The minimum atomic E-state index is -0.346. The first kappa shape index (κ1) is 29.2. The third-order valence-electron chi connectivity index (χ3n) is 4.41. The van der Waals surface area contributed by atoms with Crippen molar-refractivity contribution in [2.24, 2.45) is 5.92 Å². The molecule has 0 aliphatic carbocycles. The Bertz CT molecular complexity index is 1030. The van der Waals surface area contributed by atoms with Gasteiger partial charge in [-0.3, -0.25) is 4.79 Å². The largest absolute Gasteiger partial charge is 0.505 e. The van der Waals surface area contributed by atoms with Crippen LogP contribution in [0.3, 0.4) is 0 Å². The summed E-state index contributed by atoms with van der Waals surface area (Å²) in [4.78, 5) is 13.0. The van der Waals surface area contributed by atoms with Gasteiger partial charge in [-0.1, -0.05) is 64.1 Å². The van der Waals surface area contributed by atoms with Crippen LogP contribution in [0.15, 0.2) is 53.3 Å². The smallest absolute Gasteiger partial charge is 0.278 e. The van der Waals surface area contributed by atoms with Crippen molar-refractivity contribution in [3.05, 3.63) is 88.9 Å². The van der Waals surface area contributed by atoms with Crippen LogP contribution in [0.1, 0.15) is 44.5 Å². The van der Waals surface area contributed by atoms with Crippen LogP contribution in [0.2, 0.25) is 0 Å². The molecule has 0 spiro atoms. The van der Waals surface area contributed by atoms with Gasteiger partial charge in [0.25, 0.3) is 5.56 Å². The molecule has 2 aromatic carbocycles. The minimum Gasteiger partial charge on any atom is -0.505 e. The minimum absolute atomic E-state index is 0. The van der Waals surface area contributed by atoms with Crippen molar-refractivity contribution in [2.75, 3.05) is 0 Å². The van der Waals surface area contributed by atoms with E-state index in [1.807, 2.05) is 58.9 Å². The second-order valence-corrected chi connectivity index (χ2v) is 7.17. The van der Waals surface area contributed by atoms with Gasteiger partial charge in [0.1, 0.15) is 11.5 Å². The van der Waals surface area contributed by atoms with E-state index < -0.39 is 0 Å². The van der Waals surface area contributed by atoms with E-state index in [1.54, 1.807) is 12.1 Å². The molecule has 1 radical (unpaired) electrons. The zero-order valence-corrected chi connectivity index (χ0v) is 22.2. The maximum Gasteiger partial charge on any atom is 0.278 e. The molecule has 0 atom stereocenters. The molecular formula is C25H32FN2O2Y-. The second kappa shape index (κ2) is 13.5. The molecule has 0 aliphatic rings. The fourth-order valence-corrected chi connectivity index (χ4v) is 3.14. The fourth-order valence-electron chi connectivity index (χ4n) is 3.14. The standard InChI is InChI=1S/C22H23FN2O2.C2H6.CH3.Y/c1-14(2)13-25-22(27)20(18-10-5-4-7-15(18)3)21(26)19(24-25)12-16-8-6-9-17(23)11-16;1-2;;/h4-11,14,26H,12-13H2,1-3H3;1-2H3;1H3;/q;;-1;. The summed E-state index contributed by atoms with van der Waals surface area (Å²) in [5, 5.41) is 15.3. The van der Waals surface area contributed by atoms with Crippen LogP contribution in [0.5, 0.6) is 5.75 Å². The summed E-state index contributed by atoms with van der Waals surface area (Å²) in [5.41, 5.74) is 2.54. The molecule has 4 nitrogen and oxygen atoms in total. The van der Waals surface area contributed by atoms with Crippen LogP contribution in [0.4, 0.5) is 4.39 Å². The van der Waals surface area contributed by atoms with Gasteiger partial charge in [0.15, 0.2) is 5.75 Å². The number of nitrogens with zero attached hydrogens (tertiary/aromatic N) is 2. The van der Waals surface area contributed by atoms with E-state index in [0.29, 0.717) is 23.4 Å². The number of hydrogen-bond donors (Lipinski definition) is 1. The predicted octanol–water partition coefficient (Wildman–Crippen LogP) is 5.78. The maximum atomic E-state index is 13.5. The third kappa shape index (κ3) is 7.36. The van der Waals surface area contributed by atoms with Gasteiger partial charge in [0.2, 0.25) is 0 Å². The predicted molar refractivity (Wildman–Crippen MR) is 122 cm³/mol. The topological polar surface area (TPSA) is 55.1 Å². The summed E-state index contributed by atoms with van der Waals surface area (Å²) >= 11 is 0. The number of aromatic nitrogens is 2. The van der Waals surface area contributed by atoms with Gasteiger partial charge in [0.05, 0.1) is 5.56 Å². The van der Waals surface area contributed by atoms with Gasteiger partial charge < -0.3 is 12.5 Å². The molecule has 0 unspecified atom stereocenters. The van der Waals surface area contributed by atoms with Gasteiger partial charge in [-0.05, 0) is 41.7 Å². The average molecular weight is 500 g/mol. The van der Waals surface area contributed by atoms with Crippen LogP contribution >= 0.6 is 0 Å². The van der Waals surface area contributed by atoms with E-state index >= 15 is 0 Å². The average Bonchev–Trinajstić information content (AvgIpc) is 2.68. The Labute approximate surface area is 210 Å². The van der Waals surface area contributed by atoms with Gasteiger partial charge >= 0.3 is 0 Å². The molecule has 1 aromatic heterocycles. The Kier molecular flexibility index (Phi) is 12.7. The molecule has 6 heteroatoms. The molecule has 0 amide bonds. The summed E-state index contributed by atoms with van der Waals surface area (Å²) < 4.78 is 14.9. The van der Waals surface area contributed by atoms with Gasteiger partial charge in [-0.2, -0.15) is 5.10 Å². The molecule has 1 heterocycles. The molecule has 0 aliphatic heterocycles. The molecule has 3 aromatic rings. The van der Waals surface area contributed by atoms with E-state index in [0.717, 1.165) is 5.56 Å². The molecule has 0 saturated carbocycles. The number of rotatable bonds is 5. The van der Waals surface area contributed by atoms with Crippen LogP contribution in [-0.2, 0) is 45.7 Å². The first-order valence-corrected chi connectivity index (χ1v) is 10.00. The SMILES string of the molecule is CC.Cc1ccccc1-c1c(O)c(Cc2cccc(F)c2)nn(CC(C)C)c1=O.[CH3-].[Y]. The van der Waals surface area contributed by atoms with E-state index in [-0.39, 0.29) is 75.2 Å². The van der Waals surface area contributed by atoms with Crippen molar-refractivity contribution in [3.8, 4) is 16.9 Å². The number of halogens is 1. The Morgan fingerprint density at radius 3 is 2.32 bits per heavy atom. The normalized spacial score (nSPS) is 9.90. The molecular weight excluding hydrogens is 468 g/mol. The Morgan fingerprint density at radius 2 is 1.74 bits per heavy atom. The number of hydrogen-bond acceptors (Lipinski definition) is 3. The number of aromatic hydroxyl groups is 1. The Morgan fingerprint density at radius 1 is 1.10 bits per heavy atom. The van der Waals surface area contributed by atoms with Crippen molar-refractivity contribution in [2.45, 2.75) is 47.6 Å². The molecule has 1 N–H and O–H groups in total. The molecule has 0 saturated heterocycles. The first-order chi connectivity index (χ1) is 13.9. The molecule has 0 fully saturated rings. The van der Waals surface area contributed by atoms with Crippen molar-refractivity contribution in [3.63, 3.8) is 0 Å². The molecule has 3 rings (SSSR count). The molecule has 0 bridgehead atoms. The van der Waals surface area contributed by atoms with Crippen LogP contribution in [-0.4, -0.2) is 14.9 Å². The monoisotopic (exact) mass is 500 g/mol. The van der Waals surface area contributed by atoms with Crippen molar-refractivity contribution in [1.29, 1.82) is 0 Å². The zero-order valence-electron chi connectivity index (χ0n) is 19.3. The zero-order chi connectivity index (χ0) is 21.6. The van der Waals surface area contributed by atoms with E-state index in [9.17, 15) is 14.3 Å². The van der Waals surface area contributed by atoms with E-state index in [1.165, 1.54) is 16.8 Å². The van der Waals surface area contributed by atoms with Gasteiger partial charge in [-0.15, -0.1) is 0 Å². The molecule has 31 heavy (non-hydrogen) atoms. The fraction of sp³-hybridized carbons (Fsp3) is 0.320. The van der Waals surface area contributed by atoms with E-state index in [2.05, 4.69) is 5.10 Å². The van der Waals surface area contributed by atoms with Crippen molar-refractivity contribution in [1.82, 2.24) is 9.78 Å². The second-order valence-electron chi connectivity index (χ2n) is 7.17. The summed E-state index contributed by atoms with van der Waals surface area (Å²) in [7, 11) is 0. The van der Waals surface area contributed by atoms with Crippen LogP contribution in [0.25, 0.3) is 11.1 Å². The van der Waals surface area contributed by atoms with Crippen LogP contribution in [0, 0.1) is 26.1 Å². The Balaban J connectivity index is 0.00000219. The van der Waals surface area contributed by atoms with Gasteiger partial charge in [-0.25, -0.2) is 9.07 Å². The summed E-state index contributed by atoms with van der Waals surface area (Å²) in [5.74, 6) is -0.272. The van der Waals surface area contributed by atoms with Crippen molar-refractivity contribution >= 4 is 0 Å². The van der Waals surface area contributed by atoms with E-state index in [4.69, 9.17) is 0 Å². The quantitative estimate of drug-likeness (QED) is 0.452. The summed E-state index contributed by atoms with van der Waals surface area (Å²) in [6.45, 7) is 10.3. The van der Waals surface area contributed by atoms with Crippen molar-refractivity contribution < 1.29 is 42.2 Å².